The van der Waals surface area contributed by atoms with Gasteiger partial charge in [-0.15, -0.1) is 0 Å². The zero-order valence-electron chi connectivity index (χ0n) is 7.07. The summed E-state index contributed by atoms with van der Waals surface area (Å²) in [5, 5.41) is 0. The van der Waals surface area contributed by atoms with Crippen LogP contribution < -0.4 is 0 Å². The molecule has 62 valence electrons. The van der Waals surface area contributed by atoms with Crippen molar-refractivity contribution in [1.29, 1.82) is 0 Å². The lowest BCUT2D eigenvalue weighted by atomic mass is 10.0. The molecule has 0 aromatic rings. The van der Waals surface area contributed by atoms with Crippen molar-refractivity contribution >= 4 is 31.9 Å². The van der Waals surface area contributed by atoms with Crippen molar-refractivity contribution in [3.63, 3.8) is 0 Å². The van der Waals surface area contributed by atoms with Crippen molar-refractivity contribution in [2.24, 2.45) is 11.8 Å². The van der Waals surface area contributed by atoms with Crippen LogP contribution in [0.15, 0.2) is 0 Å². The smallest absolute Gasteiger partial charge is 0.0296 e. The fourth-order valence-electron chi connectivity index (χ4n) is 0.735. The first-order chi connectivity index (χ1) is 4.46. The van der Waals surface area contributed by atoms with E-state index in [1.165, 1.54) is 0 Å². The lowest BCUT2D eigenvalue weighted by Gasteiger charge is -2.22. The van der Waals surface area contributed by atoms with Gasteiger partial charge in [-0.3, -0.25) is 0 Å². The van der Waals surface area contributed by atoms with Crippen LogP contribution in [0.1, 0.15) is 27.7 Å². The molecule has 0 N–H and O–H groups in total. The summed E-state index contributed by atoms with van der Waals surface area (Å²) in [7, 11) is 0. The van der Waals surface area contributed by atoms with E-state index in [1.807, 2.05) is 0 Å². The zero-order valence-corrected chi connectivity index (χ0v) is 10.2. The molecule has 0 aliphatic heterocycles. The summed E-state index contributed by atoms with van der Waals surface area (Å²) in [6.07, 6.45) is 0. The van der Waals surface area contributed by atoms with Crippen molar-refractivity contribution in [2.45, 2.75) is 37.3 Å². The maximum atomic E-state index is 3.66. The summed E-state index contributed by atoms with van der Waals surface area (Å²) in [6, 6.07) is 0. The molecular formula is C8H16Br2. The van der Waals surface area contributed by atoms with E-state index >= 15 is 0 Å². The average molecular weight is 272 g/mol. The minimum Gasteiger partial charge on any atom is -0.0876 e. The van der Waals surface area contributed by atoms with Gasteiger partial charge in [-0.05, 0) is 11.8 Å². The molecule has 0 rings (SSSR count). The van der Waals surface area contributed by atoms with Crippen LogP contribution in [0.5, 0.6) is 0 Å². The van der Waals surface area contributed by atoms with Crippen molar-refractivity contribution in [1.82, 2.24) is 0 Å². The number of hydrogen-bond donors (Lipinski definition) is 0. The van der Waals surface area contributed by atoms with Gasteiger partial charge in [0.25, 0.3) is 0 Å². The van der Waals surface area contributed by atoms with Gasteiger partial charge in [0.05, 0.1) is 0 Å². The molecule has 0 unspecified atom stereocenters. The van der Waals surface area contributed by atoms with Crippen LogP contribution in [-0.2, 0) is 0 Å². The molecule has 0 nitrogen and oxygen atoms in total. The van der Waals surface area contributed by atoms with Crippen molar-refractivity contribution < 1.29 is 0 Å². The molecule has 0 bridgehead atoms. The molecule has 0 radical (unpaired) electrons. The largest absolute Gasteiger partial charge is 0.0876 e. The van der Waals surface area contributed by atoms with Crippen molar-refractivity contribution in [3.05, 3.63) is 0 Å². The molecule has 0 aliphatic carbocycles. The van der Waals surface area contributed by atoms with Gasteiger partial charge in [-0.2, -0.15) is 0 Å². The van der Waals surface area contributed by atoms with Gasteiger partial charge < -0.3 is 0 Å². The highest BCUT2D eigenvalue weighted by molar-refractivity contribution is 9.12. The van der Waals surface area contributed by atoms with Gasteiger partial charge in [0, 0.05) is 9.65 Å². The Kier molecular flexibility index (Phi) is 5.22. The fourth-order valence-corrected chi connectivity index (χ4v) is 1.96. The van der Waals surface area contributed by atoms with E-state index < -0.39 is 0 Å². The number of rotatable bonds is 3. The lowest BCUT2D eigenvalue weighted by molar-refractivity contribution is 0.516. The van der Waals surface area contributed by atoms with E-state index in [0.717, 1.165) is 0 Å². The molecule has 0 saturated heterocycles. The molecule has 0 amide bonds. The second kappa shape index (κ2) is 4.76. The van der Waals surface area contributed by atoms with Gasteiger partial charge in [0.1, 0.15) is 0 Å². The summed E-state index contributed by atoms with van der Waals surface area (Å²) in [5.74, 6) is 1.40. The average Bonchev–Trinajstić information content (AvgIpc) is 1.84. The van der Waals surface area contributed by atoms with E-state index in [0.29, 0.717) is 21.5 Å². The van der Waals surface area contributed by atoms with Crippen LogP contribution >= 0.6 is 31.9 Å². The van der Waals surface area contributed by atoms with Crippen LogP contribution in [-0.4, -0.2) is 9.65 Å². The maximum Gasteiger partial charge on any atom is 0.0296 e. The summed E-state index contributed by atoms with van der Waals surface area (Å²) >= 11 is 7.32. The molecule has 0 fully saturated rings. The normalized spacial score (nSPS) is 18.0. The minimum atomic E-state index is 0.590. The van der Waals surface area contributed by atoms with Gasteiger partial charge in [-0.1, -0.05) is 59.6 Å². The molecule has 0 aromatic carbocycles. The van der Waals surface area contributed by atoms with Gasteiger partial charge >= 0.3 is 0 Å². The van der Waals surface area contributed by atoms with Crippen LogP contribution in [0.25, 0.3) is 0 Å². The molecule has 10 heavy (non-hydrogen) atoms. The summed E-state index contributed by atoms with van der Waals surface area (Å²) in [4.78, 5) is 1.18. The van der Waals surface area contributed by atoms with Crippen molar-refractivity contribution in [3.8, 4) is 0 Å². The second-order valence-corrected chi connectivity index (χ2v) is 5.49. The van der Waals surface area contributed by atoms with Gasteiger partial charge in [0.15, 0.2) is 0 Å². The molecule has 0 saturated carbocycles. The molecular weight excluding hydrogens is 256 g/mol. The summed E-state index contributed by atoms with van der Waals surface area (Å²) in [5.41, 5.74) is 0. The summed E-state index contributed by atoms with van der Waals surface area (Å²) in [6.45, 7) is 8.93. The first kappa shape index (κ1) is 11.0. The van der Waals surface area contributed by atoms with Gasteiger partial charge in [-0.25, -0.2) is 0 Å². The third kappa shape index (κ3) is 3.38. The van der Waals surface area contributed by atoms with E-state index in [9.17, 15) is 0 Å². The molecule has 2 heteroatoms. The Morgan fingerprint density at radius 3 is 1.00 bits per heavy atom. The number of alkyl halides is 2. The topological polar surface area (TPSA) is 0 Å². The molecule has 0 heterocycles. The van der Waals surface area contributed by atoms with E-state index in [2.05, 4.69) is 59.6 Å². The van der Waals surface area contributed by atoms with E-state index in [1.54, 1.807) is 0 Å². The Hall–Kier alpha value is 0.960. The van der Waals surface area contributed by atoms with Crippen molar-refractivity contribution in [2.75, 3.05) is 0 Å². The Balaban J connectivity index is 3.81. The first-order valence-corrected chi connectivity index (χ1v) is 5.58. The quantitative estimate of drug-likeness (QED) is 0.685. The Bertz CT molecular complexity index is 77.3. The predicted molar refractivity (Wildman–Crippen MR) is 55.1 cm³/mol. The zero-order chi connectivity index (χ0) is 8.31. The molecule has 0 aromatic heterocycles. The Morgan fingerprint density at radius 2 is 0.900 bits per heavy atom. The van der Waals surface area contributed by atoms with Crippen LogP contribution in [0, 0.1) is 11.8 Å². The SMILES string of the molecule is CC(C)[C@@H](Br)[C@@H](Br)C(C)C. The van der Waals surface area contributed by atoms with Crippen LogP contribution in [0.4, 0.5) is 0 Å². The van der Waals surface area contributed by atoms with Crippen LogP contribution in [0.3, 0.4) is 0 Å². The van der Waals surface area contributed by atoms with E-state index in [4.69, 9.17) is 0 Å². The lowest BCUT2D eigenvalue weighted by Crippen LogP contribution is -2.24. The van der Waals surface area contributed by atoms with Crippen LogP contribution in [0.2, 0.25) is 0 Å². The highest BCUT2D eigenvalue weighted by Crippen LogP contribution is 2.27. The Morgan fingerprint density at radius 1 is 0.700 bits per heavy atom. The fraction of sp³-hybridized carbons (Fsp3) is 1.00. The van der Waals surface area contributed by atoms with Gasteiger partial charge in [0.2, 0.25) is 0 Å². The molecule has 2 atom stereocenters. The second-order valence-electron chi connectivity index (χ2n) is 3.38. The highest BCUT2D eigenvalue weighted by atomic mass is 79.9. The number of hydrogen-bond acceptors (Lipinski definition) is 0. The summed E-state index contributed by atoms with van der Waals surface area (Å²) < 4.78 is 0. The maximum absolute atomic E-state index is 3.66. The standard InChI is InChI=1S/C8H16Br2/c1-5(2)7(9)8(10)6(3)4/h5-8H,1-4H3/t7-,8+. The minimum absolute atomic E-state index is 0.590. The third-order valence-corrected chi connectivity index (χ3v) is 5.54. The monoisotopic (exact) mass is 270 g/mol. The Labute approximate surface area is 81.0 Å². The predicted octanol–water partition coefficient (Wildman–Crippen LogP) is 3.83. The molecule has 0 aliphatic rings. The van der Waals surface area contributed by atoms with E-state index in [-0.39, 0.29) is 0 Å². The first-order valence-electron chi connectivity index (χ1n) is 3.75. The highest BCUT2D eigenvalue weighted by Gasteiger charge is 2.21. The molecule has 0 spiro atoms. The third-order valence-electron chi connectivity index (χ3n) is 1.58. The number of halogens is 2.